The number of aliphatic hydroxyl groups excluding tert-OH is 1. The standard InChI is InChI=1S/C20H22N6O3/c1-13-16-6-2-3-7-17(16)26(24-13)20-21-9-14(10-22-20)19(29)23-15-5-4-8-25(11-15)18(28)12-27/h2-3,6-7,9-10,15,27H,4-5,8,11-12H2,1H3,(H,23,29)/t15-/m1/s1. The SMILES string of the molecule is Cc1nn(-c2ncc(C(=O)N[C@@H]3CCCN(C(=O)CO)C3)cn2)c2ccccc12. The monoisotopic (exact) mass is 394 g/mol. The molecular weight excluding hydrogens is 372 g/mol. The fraction of sp³-hybridized carbons (Fsp3) is 0.350. The Morgan fingerprint density at radius 2 is 2.00 bits per heavy atom. The van der Waals surface area contributed by atoms with Gasteiger partial charge in [-0.1, -0.05) is 18.2 Å². The summed E-state index contributed by atoms with van der Waals surface area (Å²) in [5.41, 5.74) is 2.12. The number of likely N-dealkylation sites (tertiary alicyclic amines) is 1. The summed E-state index contributed by atoms with van der Waals surface area (Å²) in [6, 6.07) is 7.66. The molecule has 0 bridgehead atoms. The van der Waals surface area contributed by atoms with Gasteiger partial charge in [0.15, 0.2) is 0 Å². The molecule has 29 heavy (non-hydrogen) atoms. The number of nitrogens with one attached hydrogen (secondary N) is 1. The lowest BCUT2D eigenvalue weighted by Crippen LogP contribution is -2.50. The number of fused-ring (bicyclic) bond motifs is 1. The number of hydrogen-bond donors (Lipinski definition) is 2. The Hall–Kier alpha value is -3.33. The third-order valence-electron chi connectivity index (χ3n) is 5.11. The zero-order valence-corrected chi connectivity index (χ0v) is 16.1. The molecule has 3 heterocycles. The zero-order chi connectivity index (χ0) is 20.4. The van der Waals surface area contributed by atoms with Crippen LogP contribution in [0.15, 0.2) is 36.7 Å². The molecular formula is C20H22N6O3. The van der Waals surface area contributed by atoms with E-state index in [4.69, 9.17) is 5.11 Å². The number of nitrogens with zero attached hydrogens (tertiary/aromatic N) is 5. The summed E-state index contributed by atoms with van der Waals surface area (Å²) < 4.78 is 1.66. The van der Waals surface area contributed by atoms with Crippen LogP contribution in [-0.4, -0.2) is 67.3 Å². The third-order valence-corrected chi connectivity index (χ3v) is 5.11. The van der Waals surface area contributed by atoms with Crippen molar-refractivity contribution in [1.29, 1.82) is 0 Å². The van der Waals surface area contributed by atoms with Gasteiger partial charge in [0.25, 0.3) is 11.9 Å². The molecule has 3 aromatic rings. The van der Waals surface area contributed by atoms with Crippen LogP contribution in [0.2, 0.25) is 0 Å². The van der Waals surface area contributed by atoms with Gasteiger partial charge in [0.05, 0.1) is 16.8 Å². The average Bonchev–Trinajstić information content (AvgIpc) is 3.10. The Kier molecular flexibility index (Phi) is 5.22. The predicted octanol–water partition coefficient (Wildman–Crippen LogP) is 0.837. The summed E-state index contributed by atoms with van der Waals surface area (Å²) in [6.07, 6.45) is 4.50. The van der Waals surface area contributed by atoms with E-state index in [9.17, 15) is 9.59 Å². The maximum Gasteiger partial charge on any atom is 0.254 e. The highest BCUT2D eigenvalue weighted by atomic mass is 16.3. The van der Waals surface area contributed by atoms with Crippen LogP contribution in [0, 0.1) is 6.92 Å². The van der Waals surface area contributed by atoms with Crippen LogP contribution < -0.4 is 5.32 Å². The fourth-order valence-electron chi connectivity index (χ4n) is 3.61. The minimum Gasteiger partial charge on any atom is -0.387 e. The molecule has 1 aliphatic heterocycles. The van der Waals surface area contributed by atoms with Crippen molar-refractivity contribution < 1.29 is 14.7 Å². The van der Waals surface area contributed by atoms with Crippen LogP contribution in [0.1, 0.15) is 28.9 Å². The Morgan fingerprint density at radius 3 is 2.76 bits per heavy atom. The van der Waals surface area contributed by atoms with Gasteiger partial charge >= 0.3 is 0 Å². The highest BCUT2D eigenvalue weighted by molar-refractivity contribution is 5.94. The lowest BCUT2D eigenvalue weighted by molar-refractivity contribution is -0.135. The third kappa shape index (κ3) is 3.81. The van der Waals surface area contributed by atoms with Crippen molar-refractivity contribution in [3.8, 4) is 5.95 Å². The zero-order valence-electron chi connectivity index (χ0n) is 16.1. The lowest BCUT2D eigenvalue weighted by Gasteiger charge is -2.32. The van der Waals surface area contributed by atoms with E-state index in [1.807, 2.05) is 31.2 Å². The number of hydrogen-bond acceptors (Lipinski definition) is 6. The molecule has 2 aromatic heterocycles. The first-order valence-corrected chi connectivity index (χ1v) is 9.53. The molecule has 1 aromatic carbocycles. The Labute approximate surface area is 167 Å². The van der Waals surface area contributed by atoms with Crippen LogP contribution in [0.5, 0.6) is 0 Å². The van der Waals surface area contributed by atoms with Crippen LogP contribution in [-0.2, 0) is 4.79 Å². The second-order valence-corrected chi connectivity index (χ2v) is 7.10. The van der Waals surface area contributed by atoms with Crippen molar-refractivity contribution in [3.05, 3.63) is 47.9 Å². The first-order valence-electron chi connectivity index (χ1n) is 9.53. The molecule has 0 aliphatic carbocycles. The number of rotatable bonds is 4. The second kappa shape index (κ2) is 7.96. The molecule has 2 N–H and O–H groups in total. The van der Waals surface area contributed by atoms with Gasteiger partial charge in [-0.25, -0.2) is 9.97 Å². The number of amides is 2. The van der Waals surface area contributed by atoms with Crippen LogP contribution in [0.4, 0.5) is 0 Å². The van der Waals surface area contributed by atoms with Crippen LogP contribution >= 0.6 is 0 Å². The summed E-state index contributed by atoms with van der Waals surface area (Å²) in [6.45, 7) is 2.40. The van der Waals surface area contributed by atoms with Crippen LogP contribution in [0.25, 0.3) is 16.9 Å². The molecule has 9 heteroatoms. The van der Waals surface area contributed by atoms with Crippen molar-refractivity contribution in [1.82, 2.24) is 30.0 Å². The quantitative estimate of drug-likeness (QED) is 0.678. The molecule has 0 spiro atoms. The fourth-order valence-corrected chi connectivity index (χ4v) is 3.61. The topological polar surface area (TPSA) is 113 Å². The number of piperidine rings is 1. The smallest absolute Gasteiger partial charge is 0.254 e. The maximum absolute atomic E-state index is 12.6. The molecule has 1 atom stereocenters. The molecule has 9 nitrogen and oxygen atoms in total. The molecule has 0 saturated carbocycles. The van der Waals surface area contributed by atoms with Gasteiger partial charge in [0.1, 0.15) is 6.61 Å². The molecule has 0 unspecified atom stereocenters. The van der Waals surface area contributed by atoms with E-state index < -0.39 is 6.61 Å². The largest absolute Gasteiger partial charge is 0.387 e. The highest BCUT2D eigenvalue weighted by Crippen LogP contribution is 2.19. The summed E-state index contributed by atoms with van der Waals surface area (Å²) >= 11 is 0. The van der Waals surface area contributed by atoms with Crippen molar-refractivity contribution in [3.63, 3.8) is 0 Å². The van der Waals surface area contributed by atoms with Crippen molar-refractivity contribution in [2.75, 3.05) is 19.7 Å². The first kappa shape index (κ1) is 19.0. The lowest BCUT2D eigenvalue weighted by atomic mass is 10.1. The van der Waals surface area contributed by atoms with E-state index in [1.54, 1.807) is 9.58 Å². The Balaban J connectivity index is 1.47. The van der Waals surface area contributed by atoms with Crippen molar-refractivity contribution in [2.24, 2.45) is 0 Å². The van der Waals surface area contributed by atoms with E-state index in [2.05, 4.69) is 20.4 Å². The number of benzene rings is 1. The minimum atomic E-state index is -0.516. The molecule has 150 valence electrons. The Bertz CT molecular complexity index is 1050. The average molecular weight is 394 g/mol. The van der Waals surface area contributed by atoms with Crippen molar-refractivity contribution in [2.45, 2.75) is 25.8 Å². The number of para-hydroxylation sites is 1. The first-order chi connectivity index (χ1) is 14.1. The second-order valence-electron chi connectivity index (χ2n) is 7.10. The van der Waals surface area contributed by atoms with Gasteiger partial charge in [-0.2, -0.15) is 9.78 Å². The van der Waals surface area contributed by atoms with Gasteiger partial charge in [-0.3, -0.25) is 9.59 Å². The van der Waals surface area contributed by atoms with Gasteiger partial charge in [0.2, 0.25) is 5.91 Å². The van der Waals surface area contributed by atoms with Gasteiger partial charge in [-0.05, 0) is 25.8 Å². The Morgan fingerprint density at radius 1 is 1.24 bits per heavy atom. The number of carbonyl (C=O) groups excluding carboxylic acids is 2. The number of aromatic nitrogens is 4. The molecule has 1 fully saturated rings. The van der Waals surface area contributed by atoms with E-state index in [1.165, 1.54) is 12.4 Å². The normalized spacial score (nSPS) is 16.8. The van der Waals surface area contributed by atoms with E-state index >= 15 is 0 Å². The van der Waals surface area contributed by atoms with E-state index in [0.29, 0.717) is 24.6 Å². The molecule has 0 radical (unpaired) electrons. The number of aryl methyl sites for hydroxylation is 1. The number of aliphatic hydroxyl groups is 1. The molecule has 4 rings (SSSR count). The molecule has 1 aliphatic rings. The van der Waals surface area contributed by atoms with E-state index in [-0.39, 0.29) is 17.9 Å². The highest BCUT2D eigenvalue weighted by Gasteiger charge is 2.24. The van der Waals surface area contributed by atoms with E-state index in [0.717, 1.165) is 29.4 Å². The van der Waals surface area contributed by atoms with Crippen LogP contribution in [0.3, 0.4) is 0 Å². The molecule has 2 amide bonds. The summed E-state index contributed by atoms with van der Waals surface area (Å²) in [7, 11) is 0. The van der Waals surface area contributed by atoms with Gasteiger partial charge < -0.3 is 15.3 Å². The van der Waals surface area contributed by atoms with Gasteiger partial charge in [-0.15, -0.1) is 0 Å². The molecule has 1 saturated heterocycles. The summed E-state index contributed by atoms with van der Waals surface area (Å²) in [4.78, 5) is 34.4. The summed E-state index contributed by atoms with van der Waals surface area (Å²) in [5, 5.41) is 17.5. The summed E-state index contributed by atoms with van der Waals surface area (Å²) in [5.74, 6) is -0.219. The van der Waals surface area contributed by atoms with Gasteiger partial charge in [0, 0.05) is 36.9 Å². The predicted molar refractivity (Wildman–Crippen MR) is 106 cm³/mol. The maximum atomic E-state index is 12.6. The number of carbonyl (C=O) groups is 2. The van der Waals surface area contributed by atoms with Crippen molar-refractivity contribution >= 4 is 22.7 Å². The minimum absolute atomic E-state index is 0.163.